The van der Waals surface area contributed by atoms with E-state index in [0.717, 1.165) is 25.2 Å². The highest BCUT2D eigenvalue weighted by Crippen LogP contribution is 2.26. The summed E-state index contributed by atoms with van der Waals surface area (Å²) in [6, 6.07) is 0. The fourth-order valence-corrected chi connectivity index (χ4v) is 1.75. The van der Waals surface area contributed by atoms with Crippen LogP contribution in [0.3, 0.4) is 0 Å². The Morgan fingerprint density at radius 1 is 1.30 bits per heavy atom. The molecule has 0 radical (unpaired) electrons. The first-order valence-electron chi connectivity index (χ1n) is 7.10. The number of rotatable bonds is 9. The summed E-state index contributed by atoms with van der Waals surface area (Å²) < 4.78 is 10.5. The van der Waals surface area contributed by atoms with Gasteiger partial charge in [-0.1, -0.05) is 13.8 Å². The number of ether oxygens (including phenoxy) is 2. The fraction of sp³-hybridized carbons (Fsp3) is 0.714. The molecule has 0 aliphatic carbocycles. The van der Waals surface area contributed by atoms with Gasteiger partial charge in [0.1, 0.15) is 11.5 Å². The number of nitrogens with zero attached hydrogens (tertiary/aromatic N) is 2. The number of nitrogens with one attached hydrogen (secondary N) is 1. The van der Waals surface area contributed by atoms with Gasteiger partial charge in [-0.3, -0.25) is 0 Å². The van der Waals surface area contributed by atoms with Gasteiger partial charge in [0.2, 0.25) is 5.88 Å². The molecule has 0 bridgehead atoms. The van der Waals surface area contributed by atoms with Crippen molar-refractivity contribution in [1.29, 1.82) is 0 Å². The van der Waals surface area contributed by atoms with E-state index in [2.05, 4.69) is 29.1 Å². The zero-order chi connectivity index (χ0) is 15.0. The molecule has 0 spiro atoms. The molecule has 0 atom stereocenters. The molecular formula is C14H26N4O2. The second kappa shape index (κ2) is 8.58. The summed E-state index contributed by atoms with van der Waals surface area (Å²) in [5, 5.41) is 3.22. The fourth-order valence-electron chi connectivity index (χ4n) is 1.75. The van der Waals surface area contributed by atoms with Crippen LogP contribution in [0.15, 0.2) is 0 Å². The summed E-state index contributed by atoms with van der Waals surface area (Å²) in [5.41, 5.74) is 6.51. The molecule has 1 heterocycles. The molecule has 0 saturated carbocycles. The third-order valence-electron chi connectivity index (χ3n) is 2.65. The molecular weight excluding hydrogens is 256 g/mol. The van der Waals surface area contributed by atoms with E-state index in [1.165, 1.54) is 0 Å². The van der Waals surface area contributed by atoms with Gasteiger partial charge in [-0.15, -0.1) is 0 Å². The van der Waals surface area contributed by atoms with E-state index >= 15 is 0 Å². The third kappa shape index (κ3) is 5.21. The number of anilines is 2. The molecule has 1 rings (SSSR count). The molecule has 1 aromatic heterocycles. The first-order chi connectivity index (χ1) is 9.58. The van der Waals surface area contributed by atoms with E-state index in [0.29, 0.717) is 36.5 Å². The molecule has 1 aromatic rings. The monoisotopic (exact) mass is 282 g/mol. The number of nitrogen functional groups attached to an aromatic ring is 1. The maximum atomic E-state index is 6.04. The Balaban J connectivity index is 2.85. The quantitative estimate of drug-likeness (QED) is 0.675. The van der Waals surface area contributed by atoms with Crippen molar-refractivity contribution in [2.75, 3.05) is 37.9 Å². The van der Waals surface area contributed by atoms with Crippen LogP contribution in [-0.4, -0.2) is 36.8 Å². The highest BCUT2D eigenvalue weighted by molar-refractivity contribution is 5.66. The van der Waals surface area contributed by atoms with Gasteiger partial charge < -0.3 is 20.5 Å². The molecule has 0 aliphatic rings. The minimum Gasteiger partial charge on any atom is -0.476 e. The normalized spacial score (nSPS) is 10.8. The molecule has 0 saturated heterocycles. The Morgan fingerprint density at radius 2 is 2.05 bits per heavy atom. The van der Waals surface area contributed by atoms with Crippen LogP contribution in [0.4, 0.5) is 11.5 Å². The Kier molecular flexibility index (Phi) is 7.08. The average molecular weight is 282 g/mol. The van der Waals surface area contributed by atoms with Gasteiger partial charge in [-0.05, 0) is 19.3 Å². The average Bonchev–Trinajstić information content (AvgIpc) is 2.39. The van der Waals surface area contributed by atoms with Crippen molar-refractivity contribution in [3.63, 3.8) is 0 Å². The molecule has 6 heteroatoms. The largest absolute Gasteiger partial charge is 0.476 e. The van der Waals surface area contributed by atoms with E-state index in [9.17, 15) is 0 Å². The number of aromatic nitrogens is 2. The summed E-state index contributed by atoms with van der Waals surface area (Å²) in [7, 11) is 1.69. The second-order valence-corrected chi connectivity index (χ2v) is 5.01. The lowest BCUT2D eigenvalue weighted by molar-refractivity contribution is 0.197. The minimum absolute atomic E-state index is 0.465. The maximum Gasteiger partial charge on any atom is 0.242 e. The first-order valence-corrected chi connectivity index (χ1v) is 7.10. The topological polar surface area (TPSA) is 82.3 Å². The summed E-state index contributed by atoms with van der Waals surface area (Å²) >= 11 is 0. The van der Waals surface area contributed by atoms with Crippen LogP contribution < -0.4 is 15.8 Å². The first kappa shape index (κ1) is 16.5. The second-order valence-electron chi connectivity index (χ2n) is 5.01. The van der Waals surface area contributed by atoms with E-state index in [-0.39, 0.29) is 0 Å². The van der Waals surface area contributed by atoms with Gasteiger partial charge in [0.15, 0.2) is 5.82 Å². The molecule has 20 heavy (non-hydrogen) atoms. The van der Waals surface area contributed by atoms with Crippen molar-refractivity contribution in [2.24, 2.45) is 5.92 Å². The summed E-state index contributed by atoms with van der Waals surface area (Å²) in [5.74, 6) is 2.35. The Labute approximate surface area is 121 Å². The zero-order valence-electron chi connectivity index (χ0n) is 12.9. The van der Waals surface area contributed by atoms with Crippen molar-refractivity contribution in [1.82, 2.24) is 9.97 Å². The Bertz CT molecular complexity index is 410. The predicted octanol–water partition coefficient (Wildman–Crippen LogP) is 2.10. The maximum absolute atomic E-state index is 6.04. The SMILES string of the molecule is CCOc1nc(CC(C)C)nc(NCCCOC)c1N. The molecule has 114 valence electrons. The standard InChI is InChI=1S/C14H26N4O2/c1-5-20-14-12(15)13(16-7-6-8-19-4)17-11(18-14)9-10(2)3/h10H,5-9,15H2,1-4H3,(H,16,17,18). The van der Waals surface area contributed by atoms with Crippen molar-refractivity contribution < 1.29 is 9.47 Å². The van der Waals surface area contributed by atoms with E-state index in [1.54, 1.807) is 7.11 Å². The van der Waals surface area contributed by atoms with Crippen LogP contribution in [0.2, 0.25) is 0 Å². The summed E-state index contributed by atoms with van der Waals surface area (Å²) in [6.45, 7) is 8.16. The van der Waals surface area contributed by atoms with Gasteiger partial charge in [0, 0.05) is 26.7 Å². The lowest BCUT2D eigenvalue weighted by atomic mass is 10.1. The van der Waals surface area contributed by atoms with Gasteiger partial charge >= 0.3 is 0 Å². The minimum atomic E-state index is 0.465. The predicted molar refractivity (Wildman–Crippen MR) is 81.1 cm³/mol. The lowest BCUT2D eigenvalue weighted by Gasteiger charge is -2.14. The number of hydrogen-bond donors (Lipinski definition) is 2. The lowest BCUT2D eigenvalue weighted by Crippen LogP contribution is -2.13. The van der Waals surface area contributed by atoms with Crippen molar-refractivity contribution >= 4 is 11.5 Å². The number of hydrogen-bond acceptors (Lipinski definition) is 6. The van der Waals surface area contributed by atoms with E-state index in [1.807, 2.05) is 6.92 Å². The molecule has 0 aliphatic heterocycles. The molecule has 0 aromatic carbocycles. The molecule has 6 nitrogen and oxygen atoms in total. The molecule has 0 amide bonds. The molecule has 3 N–H and O–H groups in total. The Morgan fingerprint density at radius 3 is 2.65 bits per heavy atom. The summed E-state index contributed by atoms with van der Waals surface area (Å²) in [4.78, 5) is 8.87. The van der Waals surface area contributed by atoms with Crippen molar-refractivity contribution in [3.8, 4) is 5.88 Å². The van der Waals surface area contributed by atoms with Crippen molar-refractivity contribution in [2.45, 2.75) is 33.6 Å². The van der Waals surface area contributed by atoms with Gasteiger partial charge in [-0.25, -0.2) is 4.98 Å². The van der Waals surface area contributed by atoms with Crippen LogP contribution in [0, 0.1) is 5.92 Å². The van der Waals surface area contributed by atoms with Gasteiger partial charge in [-0.2, -0.15) is 4.98 Å². The van der Waals surface area contributed by atoms with Crippen LogP contribution in [0.1, 0.15) is 33.0 Å². The Hall–Kier alpha value is -1.56. The number of methoxy groups -OCH3 is 1. The van der Waals surface area contributed by atoms with Crippen LogP contribution in [0.25, 0.3) is 0 Å². The van der Waals surface area contributed by atoms with E-state index < -0.39 is 0 Å². The van der Waals surface area contributed by atoms with E-state index in [4.69, 9.17) is 15.2 Å². The molecule has 0 fully saturated rings. The highest BCUT2D eigenvalue weighted by atomic mass is 16.5. The van der Waals surface area contributed by atoms with Gasteiger partial charge in [0.05, 0.1) is 6.61 Å². The highest BCUT2D eigenvalue weighted by Gasteiger charge is 2.13. The van der Waals surface area contributed by atoms with Crippen molar-refractivity contribution in [3.05, 3.63) is 5.82 Å². The van der Waals surface area contributed by atoms with Crippen LogP contribution in [-0.2, 0) is 11.2 Å². The number of nitrogens with two attached hydrogens (primary N) is 1. The van der Waals surface area contributed by atoms with Crippen LogP contribution in [0.5, 0.6) is 5.88 Å². The summed E-state index contributed by atoms with van der Waals surface area (Å²) in [6.07, 6.45) is 1.69. The smallest absolute Gasteiger partial charge is 0.242 e. The van der Waals surface area contributed by atoms with Gasteiger partial charge in [0.25, 0.3) is 0 Å². The van der Waals surface area contributed by atoms with Crippen LogP contribution >= 0.6 is 0 Å². The third-order valence-corrected chi connectivity index (χ3v) is 2.65. The zero-order valence-corrected chi connectivity index (χ0v) is 12.9. The molecule has 0 unspecified atom stereocenters.